The normalized spacial score (nSPS) is 15.2. The molecule has 1 aliphatic rings. The van der Waals surface area contributed by atoms with Crippen LogP contribution < -0.4 is 0 Å². The van der Waals surface area contributed by atoms with Crippen LogP contribution in [0.3, 0.4) is 0 Å². The molecule has 0 bridgehead atoms. The van der Waals surface area contributed by atoms with Gasteiger partial charge in [-0.2, -0.15) is 11.8 Å². The van der Waals surface area contributed by atoms with Crippen LogP contribution in [0.5, 0.6) is 0 Å². The highest BCUT2D eigenvalue weighted by molar-refractivity contribution is 9.10. The lowest BCUT2D eigenvalue weighted by atomic mass is 10.0. The maximum Gasteiger partial charge on any atom is 0.303 e. The van der Waals surface area contributed by atoms with Gasteiger partial charge in [0.25, 0.3) is 0 Å². The van der Waals surface area contributed by atoms with Crippen molar-refractivity contribution in [1.82, 2.24) is 4.98 Å². The van der Waals surface area contributed by atoms with Gasteiger partial charge < -0.3 is 5.11 Å². The van der Waals surface area contributed by atoms with E-state index < -0.39 is 5.97 Å². The number of halogens is 3. The molecule has 2 heterocycles. The highest BCUT2D eigenvalue weighted by Gasteiger charge is 2.44. The fourth-order valence-electron chi connectivity index (χ4n) is 4.55. The SMILES string of the molecule is O=C(O)CC1(CS[C@H](CCc2ccccc2Br)c2cccc(/C=C/c3ccc4sc(Cl)c(Cl)c4n3)c2)CC1. The van der Waals surface area contributed by atoms with E-state index in [9.17, 15) is 9.90 Å². The molecule has 0 saturated heterocycles. The highest BCUT2D eigenvalue weighted by atomic mass is 79.9. The number of pyridine rings is 1. The molecule has 1 saturated carbocycles. The van der Waals surface area contributed by atoms with Gasteiger partial charge in [-0.3, -0.25) is 4.79 Å². The van der Waals surface area contributed by atoms with E-state index in [0.717, 1.165) is 57.4 Å². The van der Waals surface area contributed by atoms with Gasteiger partial charge in [-0.05, 0) is 72.1 Å². The van der Waals surface area contributed by atoms with E-state index in [0.29, 0.717) is 9.36 Å². The van der Waals surface area contributed by atoms with Crippen molar-refractivity contribution >= 4 is 90.6 Å². The van der Waals surface area contributed by atoms with E-state index >= 15 is 0 Å². The second-order valence-electron chi connectivity index (χ2n) is 9.78. The predicted octanol–water partition coefficient (Wildman–Crippen LogP) is 10.2. The average molecular weight is 647 g/mol. The molecule has 2 aromatic carbocycles. The van der Waals surface area contributed by atoms with Crippen molar-refractivity contribution in [2.75, 3.05) is 5.75 Å². The van der Waals surface area contributed by atoms with E-state index in [1.165, 1.54) is 22.5 Å². The number of thiophene rings is 1. The maximum atomic E-state index is 11.4. The number of fused-ring (bicyclic) bond motifs is 1. The van der Waals surface area contributed by atoms with E-state index in [4.69, 9.17) is 23.2 Å². The Balaban J connectivity index is 1.35. The number of rotatable bonds is 11. The molecule has 1 N–H and O–H groups in total. The Morgan fingerprint density at radius 1 is 1.13 bits per heavy atom. The lowest BCUT2D eigenvalue weighted by Gasteiger charge is -2.21. The summed E-state index contributed by atoms with van der Waals surface area (Å²) in [7, 11) is 0. The Hall–Kier alpha value is -1.83. The Bertz CT molecular complexity index is 1500. The Morgan fingerprint density at radius 2 is 1.95 bits per heavy atom. The first-order chi connectivity index (χ1) is 18.3. The molecule has 0 amide bonds. The molecule has 1 fully saturated rings. The molecule has 38 heavy (non-hydrogen) atoms. The van der Waals surface area contributed by atoms with E-state index in [1.807, 2.05) is 36.0 Å². The largest absolute Gasteiger partial charge is 0.481 e. The minimum Gasteiger partial charge on any atom is -0.481 e. The quantitative estimate of drug-likeness (QED) is 0.176. The van der Waals surface area contributed by atoms with Crippen molar-refractivity contribution in [3.8, 4) is 0 Å². The first-order valence-electron chi connectivity index (χ1n) is 12.4. The standard InChI is InChI=1S/C30H26BrCl2NO2S2/c31-23-7-2-1-5-20(23)9-12-24(37-18-30(14-15-30)17-26(35)36)21-6-3-4-19(16-21)8-10-22-11-13-25-28(34-22)27(32)29(33)38-25/h1-8,10-11,13,16,24H,9,12,14-15,17-18H2,(H,35,36)/b10-8+/t24-/m1/s1. The third-order valence-corrected chi connectivity index (χ3v) is 11.3. The van der Waals surface area contributed by atoms with Gasteiger partial charge in [-0.25, -0.2) is 4.98 Å². The first kappa shape index (κ1) is 27.7. The fourth-order valence-corrected chi connectivity index (χ4v) is 8.02. The minimum absolute atomic E-state index is 0.0459. The second kappa shape index (κ2) is 12.1. The number of hydrogen-bond acceptors (Lipinski definition) is 4. The molecule has 0 unspecified atom stereocenters. The van der Waals surface area contributed by atoms with Crippen molar-refractivity contribution in [1.29, 1.82) is 0 Å². The zero-order chi connectivity index (χ0) is 26.7. The number of thioether (sulfide) groups is 1. The average Bonchev–Trinajstić information content (AvgIpc) is 3.60. The third kappa shape index (κ3) is 6.83. The number of hydrogen-bond donors (Lipinski definition) is 1. The summed E-state index contributed by atoms with van der Waals surface area (Å²) in [5, 5.41) is 10.1. The summed E-state index contributed by atoms with van der Waals surface area (Å²) in [6.45, 7) is 0. The maximum absolute atomic E-state index is 11.4. The van der Waals surface area contributed by atoms with Gasteiger partial charge in [0.1, 0.15) is 9.85 Å². The summed E-state index contributed by atoms with van der Waals surface area (Å²) in [5.74, 6) is 0.172. The molecule has 0 aliphatic heterocycles. The molecule has 2 aromatic heterocycles. The van der Waals surface area contributed by atoms with Crippen LogP contribution in [0.2, 0.25) is 9.36 Å². The third-order valence-electron chi connectivity index (χ3n) is 6.90. The monoisotopic (exact) mass is 645 g/mol. The summed E-state index contributed by atoms with van der Waals surface area (Å²) in [4.78, 5) is 16.1. The number of carboxylic acid groups (broad SMARTS) is 1. The molecule has 0 radical (unpaired) electrons. The van der Waals surface area contributed by atoms with Crippen LogP contribution in [0, 0.1) is 5.41 Å². The van der Waals surface area contributed by atoms with Crippen molar-refractivity contribution in [3.05, 3.63) is 96.9 Å². The van der Waals surface area contributed by atoms with Gasteiger partial charge in [0.05, 0.1) is 21.8 Å². The van der Waals surface area contributed by atoms with Crippen LogP contribution >= 0.6 is 62.2 Å². The van der Waals surface area contributed by atoms with Crippen LogP contribution in [0.4, 0.5) is 0 Å². The molecule has 1 atom stereocenters. The fraction of sp³-hybridized carbons (Fsp3) is 0.267. The summed E-state index contributed by atoms with van der Waals surface area (Å²) < 4.78 is 2.66. The Labute approximate surface area is 249 Å². The number of aliphatic carboxylic acids is 1. The molecule has 4 aromatic rings. The van der Waals surface area contributed by atoms with E-state index in [-0.39, 0.29) is 17.1 Å². The van der Waals surface area contributed by atoms with Crippen LogP contribution in [-0.2, 0) is 11.2 Å². The van der Waals surface area contributed by atoms with E-state index in [2.05, 4.69) is 69.5 Å². The molecule has 3 nitrogen and oxygen atoms in total. The van der Waals surface area contributed by atoms with Crippen LogP contribution in [0.25, 0.3) is 22.4 Å². The Kier molecular flexibility index (Phi) is 8.85. The van der Waals surface area contributed by atoms with Gasteiger partial charge in [-0.15, -0.1) is 11.3 Å². The van der Waals surface area contributed by atoms with Gasteiger partial charge in [0, 0.05) is 15.5 Å². The van der Waals surface area contributed by atoms with Gasteiger partial charge >= 0.3 is 5.97 Å². The topological polar surface area (TPSA) is 50.2 Å². The Morgan fingerprint density at radius 3 is 2.71 bits per heavy atom. The van der Waals surface area contributed by atoms with Crippen molar-refractivity contribution in [2.24, 2.45) is 5.41 Å². The molecule has 196 valence electrons. The lowest BCUT2D eigenvalue weighted by molar-refractivity contribution is -0.138. The number of benzene rings is 2. The number of nitrogens with zero attached hydrogens (tertiary/aromatic N) is 1. The van der Waals surface area contributed by atoms with E-state index in [1.54, 1.807) is 0 Å². The van der Waals surface area contributed by atoms with Crippen molar-refractivity contribution in [3.63, 3.8) is 0 Å². The van der Waals surface area contributed by atoms with Gasteiger partial charge in [-0.1, -0.05) is 87.7 Å². The van der Waals surface area contributed by atoms with Crippen LogP contribution in [-0.4, -0.2) is 21.8 Å². The molecule has 1 aliphatic carbocycles. The molecule has 8 heteroatoms. The summed E-state index contributed by atoms with van der Waals surface area (Å²) in [6.07, 6.45) is 8.25. The number of carboxylic acids is 1. The van der Waals surface area contributed by atoms with Crippen LogP contribution in [0.1, 0.15) is 53.3 Å². The van der Waals surface area contributed by atoms with Crippen molar-refractivity contribution < 1.29 is 9.90 Å². The lowest BCUT2D eigenvalue weighted by Crippen LogP contribution is -2.12. The summed E-state index contributed by atoms with van der Waals surface area (Å²) in [5.41, 5.74) is 5.15. The van der Waals surface area contributed by atoms with Crippen molar-refractivity contribution in [2.45, 2.75) is 37.4 Å². The number of aryl methyl sites for hydroxylation is 1. The van der Waals surface area contributed by atoms with Gasteiger partial charge in [0.2, 0.25) is 0 Å². The second-order valence-corrected chi connectivity index (χ2v) is 13.9. The zero-order valence-corrected chi connectivity index (χ0v) is 25.2. The first-order valence-corrected chi connectivity index (χ1v) is 15.8. The minimum atomic E-state index is -0.696. The molecule has 5 rings (SSSR count). The molecular formula is C30H26BrCl2NO2S2. The molecular weight excluding hydrogens is 621 g/mol. The number of aromatic nitrogens is 1. The highest BCUT2D eigenvalue weighted by Crippen LogP contribution is 2.53. The smallest absolute Gasteiger partial charge is 0.303 e. The summed E-state index contributed by atoms with van der Waals surface area (Å²) >= 11 is 19.5. The molecule has 0 spiro atoms. The predicted molar refractivity (Wildman–Crippen MR) is 167 cm³/mol. The summed E-state index contributed by atoms with van der Waals surface area (Å²) in [6, 6.07) is 20.9. The van der Waals surface area contributed by atoms with Crippen LogP contribution in [0.15, 0.2) is 65.1 Å². The number of carbonyl (C=O) groups is 1. The zero-order valence-electron chi connectivity index (χ0n) is 20.5. The van der Waals surface area contributed by atoms with Gasteiger partial charge in [0.15, 0.2) is 0 Å².